The lowest BCUT2D eigenvalue weighted by Gasteiger charge is -2.34. The Balaban J connectivity index is 2.05. The Morgan fingerprint density at radius 3 is 2.90 bits per heavy atom. The molecule has 1 saturated heterocycles. The quantitative estimate of drug-likeness (QED) is 0.789. The number of amides is 1. The molecule has 0 radical (unpaired) electrons. The van der Waals surface area contributed by atoms with Crippen molar-refractivity contribution in [1.82, 2.24) is 4.90 Å². The van der Waals surface area contributed by atoms with Crippen LogP contribution in [0.2, 0.25) is 0 Å². The topological polar surface area (TPSA) is 32.8 Å². The smallest absolute Gasteiger partial charge is 0.414 e. The second-order valence-corrected chi connectivity index (χ2v) is 6.09. The predicted molar refractivity (Wildman–Crippen MR) is 79.0 cm³/mol. The molecular formula is C16H22N2O2. The van der Waals surface area contributed by atoms with Gasteiger partial charge in [-0.15, -0.1) is 0 Å². The molecule has 0 aromatic heterocycles. The van der Waals surface area contributed by atoms with Gasteiger partial charge in [0.15, 0.2) is 0 Å². The van der Waals surface area contributed by atoms with Gasteiger partial charge < -0.3 is 4.74 Å². The number of rotatable bonds is 1. The standard InChI is InChI=1S/C16H22N2O2/c1-11(2)17-7-6-14-10-20-16(19)18(14)15-8-12(3)4-5-13(15)9-17/h4-5,8,11,14H,6-7,9-10H2,1-3H3/t14-/m0/s1. The van der Waals surface area contributed by atoms with Crippen molar-refractivity contribution in [3.05, 3.63) is 29.3 Å². The summed E-state index contributed by atoms with van der Waals surface area (Å²) in [6.07, 6.45) is 0.775. The van der Waals surface area contributed by atoms with Gasteiger partial charge in [0, 0.05) is 19.1 Å². The second-order valence-electron chi connectivity index (χ2n) is 6.09. The molecule has 0 saturated carbocycles. The zero-order valence-corrected chi connectivity index (χ0v) is 12.4. The summed E-state index contributed by atoms with van der Waals surface area (Å²) in [6.45, 7) is 8.92. The fraction of sp³-hybridized carbons (Fsp3) is 0.562. The predicted octanol–water partition coefficient (Wildman–Crippen LogP) is 2.93. The van der Waals surface area contributed by atoms with Gasteiger partial charge >= 0.3 is 6.09 Å². The molecule has 2 aliphatic heterocycles. The van der Waals surface area contributed by atoms with E-state index in [9.17, 15) is 4.79 Å². The minimum Gasteiger partial charge on any atom is -0.447 e. The molecule has 2 heterocycles. The zero-order valence-electron chi connectivity index (χ0n) is 12.4. The molecule has 0 spiro atoms. The molecule has 1 aromatic carbocycles. The van der Waals surface area contributed by atoms with Crippen LogP contribution in [0.1, 0.15) is 31.4 Å². The number of aryl methyl sites for hydroxylation is 1. The number of carbonyl (C=O) groups is 1. The molecule has 0 aliphatic carbocycles. The van der Waals surface area contributed by atoms with Gasteiger partial charge in [-0.3, -0.25) is 9.80 Å². The first-order chi connectivity index (χ1) is 9.56. The molecule has 0 unspecified atom stereocenters. The van der Waals surface area contributed by atoms with E-state index in [1.807, 2.05) is 4.90 Å². The number of anilines is 1. The Hall–Kier alpha value is -1.55. The van der Waals surface area contributed by atoms with E-state index in [1.54, 1.807) is 0 Å². The minimum absolute atomic E-state index is 0.171. The maximum Gasteiger partial charge on any atom is 0.414 e. The zero-order chi connectivity index (χ0) is 14.3. The molecule has 1 amide bonds. The molecule has 2 aliphatic rings. The van der Waals surface area contributed by atoms with Crippen LogP contribution >= 0.6 is 0 Å². The first-order valence-electron chi connectivity index (χ1n) is 7.36. The van der Waals surface area contributed by atoms with Crippen LogP contribution in [-0.2, 0) is 11.3 Å². The molecule has 3 rings (SSSR count). The molecule has 0 bridgehead atoms. The number of hydrogen-bond acceptors (Lipinski definition) is 3. The molecular weight excluding hydrogens is 252 g/mol. The summed E-state index contributed by atoms with van der Waals surface area (Å²) in [5.41, 5.74) is 3.43. The fourth-order valence-corrected chi connectivity index (χ4v) is 3.05. The van der Waals surface area contributed by atoms with Crippen molar-refractivity contribution in [3.63, 3.8) is 0 Å². The third kappa shape index (κ3) is 2.29. The van der Waals surface area contributed by atoms with Crippen molar-refractivity contribution in [3.8, 4) is 0 Å². The van der Waals surface area contributed by atoms with Crippen molar-refractivity contribution < 1.29 is 9.53 Å². The van der Waals surface area contributed by atoms with Gasteiger partial charge in [-0.1, -0.05) is 12.1 Å². The van der Waals surface area contributed by atoms with E-state index < -0.39 is 0 Å². The molecule has 4 nitrogen and oxygen atoms in total. The molecule has 4 heteroatoms. The van der Waals surface area contributed by atoms with Gasteiger partial charge in [-0.05, 0) is 44.4 Å². The lowest BCUT2D eigenvalue weighted by Crippen LogP contribution is -2.42. The first kappa shape index (κ1) is 13.4. The van der Waals surface area contributed by atoms with Crippen LogP contribution in [0, 0.1) is 6.92 Å². The van der Waals surface area contributed by atoms with E-state index >= 15 is 0 Å². The molecule has 108 valence electrons. The van der Waals surface area contributed by atoms with Crippen LogP contribution in [0.25, 0.3) is 0 Å². The van der Waals surface area contributed by atoms with E-state index in [0.717, 1.165) is 25.2 Å². The van der Waals surface area contributed by atoms with E-state index in [1.165, 1.54) is 11.1 Å². The molecule has 1 aromatic rings. The Labute approximate surface area is 120 Å². The van der Waals surface area contributed by atoms with Crippen molar-refractivity contribution in [2.45, 2.75) is 45.8 Å². The lowest BCUT2D eigenvalue weighted by atomic mass is 10.0. The van der Waals surface area contributed by atoms with Crippen LogP contribution in [0.3, 0.4) is 0 Å². The number of hydrogen-bond donors (Lipinski definition) is 0. The summed E-state index contributed by atoms with van der Waals surface area (Å²) in [5.74, 6) is 0. The highest BCUT2D eigenvalue weighted by atomic mass is 16.6. The first-order valence-corrected chi connectivity index (χ1v) is 7.36. The molecule has 1 fully saturated rings. The maximum absolute atomic E-state index is 12.1. The summed E-state index contributed by atoms with van der Waals surface area (Å²) in [4.78, 5) is 16.4. The number of nitrogens with zero attached hydrogens (tertiary/aromatic N) is 2. The monoisotopic (exact) mass is 274 g/mol. The van der Waals surface area contributed by atoms with Crippen molar-refractivity contribution in [1.29, 1.82) is 0 Å². The van der Waals surface area contributed by atoms with E-state index in [-0.39, 0.29) is 12.1 Å². The van der Waals surface area contributed by atoms with E-state index in [2.05, 4.69) is 43.9 Å². The summed E-state index contributed by atoms with van der Waals surface area (Å²) in [5, 5.41) is 0. The van der Waals surface area contributed by atoms with E-state index in [4.69, 9.17) is 4.74 Å². The highest BCUT2D eigenvalue weighted by Gasteiger charge is 2.37. The third-order valence-electron chi connectivity index (χ3n) is 4.31. The van der Waals surface area contributed by atoms with Gasteiger partial charge in [-0.2, -0.15) is 0 Å². The maximum atomic E-state index is 12.1. The van der Waals surface area contributed by atoms with Gasteiger partial charge in [0.2, 0.25) is 0 Å². The Bertz CT molecular complexity index is 527. The minimum atomic E-state index is -0.195. The number of fused-ring (bicyclic) bond motifs is 3. The van der Waals surface area contributed by atoms with Crippen LogP contribution in [-0.4, -0.2) is 36.2 Å². The van der Waals surface area contributed by atoms with Gasteiger partial charge in [-0.25, -0.2) is 4.79 Å². The summed E-state index contributed by atoms with van der Waals surface area (Å²) >= 11 is 0. The van der Waals surface area contributed by atoms with Crippen LogP contribution in [0.15, 0.2) is 18.2 Å². The number of ether oxygens (including phenoxy) is 1. The van der Waals surface area contributed by atoms with Crippen LogP contribution in [0.5, 0.6) is 0 Å². The van der Waals surface area contributed by atoms with Crippen molar-refractivity contribution in [2.24, 2.45) is 0 Å². The highest BCUT2D eigenvalue weighted by Crippen LogP contribution is 2.32. The Morgan fingerprint density at radius 1 is 1.35 bits per heavy atom. The molecule has 20 heavy (non-hydrogen) atoms. The van der Waals surface area contributed by atoms with Crippen molar-refractivity contribution in [2.75, 3.05) is 18.1 Å². The average Bonchev–Trinajstić information content (AvgIpc) is 2.73. The van der Waals surface area contributed by atoms with Crippen molar-refractivity contribution >= 4 is 11.8 Å². The SMILES string of the molecule is Cc1ccc2c(c1)N1C(=O)OC[C@@H]1CCN(C(C)C)C2. The lowest BCUT2D eigenvalue weighted by molar-refractivity contribution is 0.175. The summed E-state index contributed by atoms with van der Waals surface area (Å²) in [7, 11) is 0. The normalized spacial score (nSPS) is 23.1. The van der Waals surface area contributed by atoms with Gasteiger partial charge in [0.05, 0.1) is 11.7 Å². The molecule has 1 atom stereocenters. The molecule has 0 N–H and O–H groups in total. The van der Waals surface area contributed by atoms with Gasteiger partial charge in [0.1, 0.15) is 6.61 Å². The van der Waals surface area contributed by atoms with E-state index in [0.29, 0.717) is 12.6 Å². The average molecular weight is 274 g/mol. The number of benzene rings is 1. The Kier molecular flexibility index (Phi) is 3.42. The largest absolute Gasteiger partial charge is 0.447 e. The van der Waals surface area contributed by atoms with Gasteiger partial charge in [0.25, 0.3) is 0 Å². The number of carbonyl (C=O) groups excluding carboxylic acids is 1. The highest BCUT2D eigenvalue weighted by molar-refractivity contribution is 5.91. The van der Waals surface area contributed by atoms with Crippen LogP contribution < -0.4 is 4.90 Å². The summed E-state index contributed by atoms with van der Waals surface area (Å²) < 4.78 is 5.27. The second kappa shape index (κ2) is 5.09. The Morgan fingerprint density at radius 2 is 2.15 bits per heavy atom. The fourth-order valence-electron chi connectivity index (χ4n) is 3.05. The summed E-state index contributed by atoms with van der Waals surface area (Å²) in [6, 6.07) is 7.06. The third-order valence-corrected chi connectivity index (χ3v) is 4.31. The number of cyclic esters (lactones) is 1. The van der Waals surface area contributed by atoms with Crippen LogP contribution in [0.4, 0.5) is 10.5 Å².